The largest absolute Gasteiger partial charge is 0.378 e. The molecule has 1 saturated heterocycles. The maximum absolute atomic E-state index is 12.2. The molecule has 0 spiro atoms. The van der Waals surface area contributed by atoms with Gasteiger partial charge in [-0.1, -0.05) is 22.9 Å². The standard InChI is InChI=1S/C11H20BrNO2/c1-3-6-13(7-5-12)11(14)10-4-8-15-9(10)2/h9-10H,3-8H2,1-2H3. The van der Waals surface area contributed by atoms with E-state index in [0.29, 0.717) is 0 Å². The van der Waals surface area contributed by atoms with Crippen LogP contribution in [-0.2, 0) is 9.53 Å². The van der Waals surface area contributed by atoms with Gasteiger partial charge in [-0.05, 0) is 19.8 Å². The molecule has 1 aliphatic rings. The van der Waals surface area contributed by atoms with Gasteiger partial charge in [0, 0.05) is 25.0 Å². The summed E-state index contributed by atoms with van der Waals surface area (Å²) < 4.78 is 5.43. The summed E-state index contributed by atoms with van der Waals surface area (Å²) >= 11 is 3.39. The molecule has 1 amide bonds. The molecule has 0 radical (unpaired) electrons. The number of amides is 1. The Hall–Kier alpha value is -0.0900. The summed E-state index contributed by atoms with van der Waals surface area (Å²) in [5.41, 5.74) is 0. The quantitative estimate of drug-likeness (QED) is 0.720. The van der Waals surface area contributed by atoms with Gasteiger partial charge in [0.1, 0.15) is 0 Å². The zero-order valence-electron chi connectivity index (χ0n) is 9.54. The highest BCUT2D eigenvalue weighted by Crippen LogP contribution is 2.22. The van der Waals surface area contributed by atoms with Crippen LogP contribution in [0.2, 0.25) is 0 Å². The van der Waals surface area contributed by atoms with E-state index in [2.05, 4.69) is 22.9 Å². The van der Waals surface area contributed by atoms with E-state index in [1.807, 2.05) is 11.8 Å². The fraction of sp³-hybridized carbons (Fsp3) is 0.909. The molecule has 2 atom stereocenters. The van der Waals surface area contributed by atoms with E-state index in [1.54, 1.807) is 0 Å². The normalized spacial score (nSPS) is 25.5. The van der Waals surface area contributed by atoms with Gasteiger partial charge in [-0.3, -0.25) is 4.79 Å². The fourth-order valence-corrected chi connectivity index (χ4v) is 2.42. The minimum Gasteiger partial charge on any atom is -0.378 e. The third-order valence-electron chi connectivity index (χ3n) is 2.85. The number of carbonyl (C=O) groups excluding carboxylic acids is 1. The topological polar surface area (TPSA) is 29.5 Å². The highest BCUT2D eigenvalue weighted by molar-refractivity contribution is 9.09. The Morgan fingerprint density at radius 3 is 2.73 bits per heavy atom. The molecule has 0 aliphatic carbocycles. The zero-order chi connectivity index (χ0) is 11.3. The first kappa shape index (κ1) is 13.0. The maximum atomic E-state index is 12.2. The Morgan fingerprint density at radius 2 is 2.27 bits per heavy atom. The lowest BCUT2D eigenvalue weighted by Gasteiger charge is -2.25. The van der Waals surface area contributed by atoms with Gasteiger partial charge in [-0.15, -0.1) is 0 Å². The van der Waals surface area contributed by atoms with Crippen molar-refractivity contribution in [1.82, 2.24) is 4.90 Å². The average Bonchev–Trinajstić information content (AvgIpc) is 2.63. The van der Waals surface area contributed by atoms with Gasteiger partial charge in [0.05, 0.1) is 12.0 Å². The monoisotopic (exact) mass is 277 g/mol. The van der Waals surface area contributed by atoms with Crippen molar-refractivity contribution in [2.24, 2.45) is 5.92 Å². The van der Waals surface area contributed by atoms with E-state index in [9.17, 15) is 4.79 Å². The second-order valence-corrected chi connectivity index (χ2v) is 4.78. The maximum Gasteiger partial charge on any atom is 0.228 e. The number of ether oxygens (including phenoxy) is 1. The molecule has 1 rings (SSSR count). The van der Waals surface area contributed by atoms with Crippen LogP contribution in [0.3, 0.4) is 0 Å². The van der Waals surface area contributed by atoms with Gasteiger partial charge in [-0.25, -0.2) is 0 Å². The number of hydrogen-bond acceptors (Lipinski definition) is 2. The SMILES string of the molecule is CCCN(CCBr)C(=O)C1CCOC1C. The second kappa shape index (κ2) is 6.48. The third kappa shape index (κ3) is 3.45. The minimum absolute atomic E-state index is 0.0793. The molecule has 88 valence electrons. The predicted octanol–water partition coefficient (Wildman–Crippen LogP) is 2.04. The third-order valence-corrected chi connectivity index (χ3v) is 3.21. The van der Waals surface area contributed by atoms with Crippen molar-refractivity contribution in [2.75, 3.05) is 25.0 Å². The van der Waals surface area contributed by atoms with Crippen LogP contribution in [0.25, 0.3) is 0 Å². The van der Waals surface area contributed by atoms with Crippen LogP contribution in [0.4, 0.5) is 0 Å². The molecule has 1 heterocycles. The first-order valence-corrected chi connectivity index (χ1v) is 6.79. The summed E-state index contributed by atoms with van der Waals surface area (Å²) in [6.07, 6.45) is 1.98. The van der Waals surface area contributed by atoms with Crippen molar-refractivity contribution < 1.29 is 9.53 Å². The van der Waals surface area contributed by atoms with E-state index in [-0.39, 0.29) is 17.9 Å². The number of rotatable bonds is 5. The molecule has 0 saturated carbocycles. The lowest BCUT2D eigenvalue weighted by Crippen LogP contribution is -2.40. The van der Waals surface area contributed by atoms with Gasteiger partial charge in [0.25, 0.3) is 0 Å². The number of carbonyl (C=O) groups is 1. The summed E-state index contributed by atoms with van der Waals surface area (Å²) in [4.78, 5) is 14.1. The molecule has 0 aromatic rings. The molecule has 2 unspecified atom stereocenters. The summed E-state index contributed by atoms with van der Waals surface area (Å²) in [5, 5.41) is 0.848. The Balaban J connectivity index is 2.54. The van der Waals surface area contributed by atoms with Crippen LogP contribution in [0.15, 0.2) is 0 Å². The Morgan fingerprint density at radius 1 is 1.53 bits per heavy atom. The molecule has 1 aliphatic heterocycles. The van der Waals surface area contributed by atoms with Crippen molar-refractivity contribution in [2.45, 2.75) is 32.8 Å². The van der Waals surface area contributed by atoms with Gasteiger partial charge in [0.15, 0.2) is 0 Å². The van der Waals surface area contributed by atoms with E-state index < -0.39 is 0 Å². The summed E-state index contributed by atoms with van der Waals surface area (Å²) in [6.45, 7) is 6.48. The van der Waals surface area contributed by atoms with Crippen LogP contribution >= 0.6 is 15.9 Å². The first-order valence-electron chi connectivity index (χ1n) is 5.67. The van der Waals surface area contributed by atoms with Gasteiger partial charge >= 0.3 is 0 Å². The smallest absolute Gasteiger partial charge is 0.228 e. The number of halogens is 1. The molecular weight excluding hydrogens is 258 g/mol. The molecule has 0 aromatic carbocycles. The Bertz CT molecular complexity index is 205. The number of hydrogen-bond donors (Lipinski definition) is 0. The molecule has 0 aromatic heterocycles. The van der Waals surface area contributed by atoms with Crippen LogP contribution in [0, 0.1) is 5.92 Å². The van der Waals surface area contributed by atoms with E-state index in [4.69, 9.17) is 4.74 Å². The Labute approximate surface area is 100 Å². The Kier molecular flexibility index (Phi) is 5.61. The van der Waals surface area contributed by atoms with Crippen molar-refractivity contribution >= 4 is 21.8 Å². The van der Waals surface area contributed by atoms with Crippen molar-refractivity contribution in [1.29, 1.82) is 0 Å². The molecule has 1 fully saturated rings. The highest BCUT2D eigenvalue weighted by Gasteiger charge is 2.33. The average molecular weight is 278 g/mol. The van der Waals surface area contributed by atoms with E-state index in [1.165, 1.54) is 0 Å². The van der Waals surface area contributed by atoms with Crippen LogP contribution in [0.5, 0.6) is 0 Å². The molecule has 0 bridgehead atoms. The van der Waals surface area contributed by atoms with Crippen LogP contribution in [-0.4, -0.2) is 41.9 Å². The molecular formula is C11H20BrNO2. The number of alkyl halides is 1. The fourth-order valence-electron chi connectivity index (χ4n) is 1.99. The van der Waals surface area contributed by atoms with Crippen LogP contribution < -0.4 is 0 Å². The molecule has 0 N–H and O–H groups in total. The molecule has 3 nitrogen and oxygen atoms in total. The summed E-state index contributed by atoms with van der Waals surface area (Å²) in [7, 11) is 0. The zero-order valence-corrected chi connectivity index (χ0v) is 11.1. The lowest BCUT2D eigenvalue weighted by atomic mass is 10.0. The van der Waals surface area contributed by atoms with Gasteiger partial charge in [-0.2, -0.15) is 0 Å². The lowest BCUT2D eigenvalue weighted by molar-refractivity contribution is -0.136. The highest BCUT2D eigenvalue weighted by atomic mass is 79.9. The second-order valence-electron chi connectivity index (χ2n) is 3.99. The van der Waals surface area contributed by atoms with Crippen molar-refractivity contribution in [3.05, 3.63) is 0 Å². The predicted molar refractivity (Wildman–Crippen MR) is 64.2 cm³/mol. The first-order chi connectivity index (χ1) is 7.20. The minimum atomic E-state index is 0.0793. The summed E-state index contributed by atoms with van der Waals surface area (Å²) in [5.74, 6) is 0.344. The van der Waals surface area contributed by atoms with E-state index in [0.717, 1.165) is 37.9 Å². The van der Waals surface area contributed by atoms with Crippen molar-refractivity contribution in [3.63, 3.8) is 0 Å². The van der Waals surface area contributed by atoms with Gasteiger partial charge in [0.2, 0.25) is 5.91 Å². The van der Waals surface area contributed by atoms with Crippen molar-refractivity contribution in [3.8, 4) is 0 Å². The number of nitrogens with zero attached hydrogens (tertiary/aromatic N) is 1. The summed E-state index contributed by atoms with van der Waals surface area (Å²) in [6, 6.07) is 0. The van der Waals surface area contributed by atoms with Crippen LogP contribution in [0.1, 0.15) is 26.7 Å². The van der Waals surface area contributed by atoms with Gasteiger partial charge < -0.3 is 9.64 Å². The molecule has 4 heteroatoms. The molecule has 15 heavy (non-hydrogen) atoms. The van der Waals surface area contributed by atoms with E-state index >= 15 is 0 Å².